The third kappa shape index (κ3) is 2.11. The van der Waals surface area contributed by atoms with Crippen LogP contribution >= 0.6 is 0 Å². The molecule has 0 amide bonds. The number of sulfonamides is 1. The van der Waals surface area contributed by atoms with Crippen molar-refractivity contribution in [3.8, 4) is 0 Å². The van der Waals surface area contributed by atoms with Gasteiger partial charge in [0.05, 0.1) is 11.5 Å². The maximum absolute atomic E-state index is 12.3. The van der Waals surface area contributed by atoms with E-state index in [2.05, 4.69) is 32.4 Å². The van der Waals surface area contributed by atoms with Gasteiger partial charge in [-0.05, 0) is 16.9 Å². The standard InChI is InChI=1S/C13H22N2O3S/c1-12(2)11(13(12,3)4)14-19(17,18)10-6-9(8-16)15(5)7-10/h6-7,11,14,16H,8H2,1-5H3. The number of nitrogens with zero attached hydrogens (tertiary/aromatic N) is 1. The molecule has 6 heteroatoms. The average molecular weight is 286 g/mol. The Labute approximate surface area is 114 Å². The highest BCUT2D eigenvalue weighted by atomic mass is 32.2. The van der Waals surface area contributed by atoms with Crippen molar-refractivity contribution in [3.05, 3.63) is 18.0 Å². The molecule has 0 radical (unpaired) electrons. The molecule has 19 heavy (non-hydrogen) atoms. The third-order valence-electron chi connectivity index (χ3n) is 4.85. The summed E-state index contributed by atoms with van der Waals surface area (Å²) in [6.45, 7) is 8.07. The molecule has 0 unspecified atom stereocenters. The molecule has 1 aromatic rings. The lowest BCUT2D eigenvalue weighted by atomic mass is 10.0. The minimum Gasteiger partial charge on any atom is -0.390 e. The molecular weight excluding hydrogens is 264 g/mol. The van der Waals surface area contributed by atoms with Gasteiger partial charge in [-0.15, -0.1) is 0 Å². The van der Waals surface area contributed by atoms with Crippen LogP contribution in [0.5, 0.6) is 0 Å². The van der Waals surface area contributed by atoms with Gasteiger partial charge >= 0.3 is 0 Å². The van der Waals surface area contributed by atoms with E-state index in [0.29, 0.717) is 5.69 Å². The molecule has 1 saturated carbocycles. The van der Waals surface area contributed by atoms with Crippen molar-refractivity contribution in [2.75, 3.05) is 0 Å². The van der Waals surface area contributed by atoms with Crippen LogP contribution in [-0.2, 0) is 23.7 Å². The van der Waals surface area contributed by atoms with Crippen LogP contribution in [0.4, 0.5) is 0 Å². The Balaban J connectivity index is 2.25. The molecule has 1 aliphatic carbocycles. The number of aryl methyl sites for hydroxylation is 1. The largest absolute Gasteiger partial charge is 0.390 e. The summed E-state index contributed by atoms with van der Waals surface area (Å²) in [5, 5.41) is 9.12. The van der Waals surface area contributed by atoms with Crippen LogP contribution < -0.4 is 4.72 Å². The predicted octanol–water partition coefficient (Wildman–Crippen LogP) is 1.23. The monoisotopic (exact) mass is 286 g/mol. The van der Waals surface area contributed by atoms with E-state index in [4.69, 9.17) is 5.11 Å². The van der Waals surface area contributed by atoms with Gasteiger partial charge in [-0.3, -0.25) is 0 Å². The summed E-state index contributed by atoms with van der Waals surface area (Å²) in [6.07, 6.45) is 1.52. The van der Waals surface area contributed by atoms with Gasteiger partial charge < -0.3 is 9.67 Å². The molecular formula is C13H22N2O3S. The van der Waals surface area contributed by atoms with Crippen molar-refractivity contribution in [2.24, 2.45) is 17.9 Å². The maximum Gasteiger partial charge on any atom is 0.242 e. The lowest BCUT2D eigenvalue weighted by Gasteiger charge is -2.06. The first-order valence-electron chi connectivity index (χ1n) is 6.32. The van der Waals surface area contributed by atoms with Gasteiger partial charge in [0, 0.05) is 25.0 Å². The second-order valence-corrected chi connectivity index (χ2v) is 8.15. The van der Waals surface area contributed by atoms with Gasteiger partial charge in [0.2, 0.25) is 10.0 Å². The topological polar surface area (TPSA) is 71.3 Å². The molecule has 0 aromatic carbocycles. The van der Waals surface area contributed by atoms with Gasteiger partial charge in [-0.25, -0.2) is 13.1 Å². The molecule has 108 valence electrons. The molecule has 2 N–H and O–H groups in total. The summed E-state index contributed by atoms with van der Waals surface area (Å²) in [5.41, 5.74) is 0.484. The Hall–Kier alpha value is -0.850. The second kappa shape index (κ2) is 4.07. The number of nitrogens with one attached hydrogen (secondary N) is 1. The zero-order valence-corrected chi connectivity index (χ0v) is 12.9. The van der Waals surface area contributed by atoms with E-state index in [9.17, 15) is 8.42 Å². The van der Waals surface area contributed by atoms with E-state index >= 15 is 0 Å². The number of aliphatic hydroxyl groups excluding tert-OH is 1. The SMILES string of the molecule is Cn1cc(S(=O)(=O)NC2C(C)(C)C2(C)C)cc1CO. The van der Waals surface area contributed by atoms with Crippen LogP contribution in [0.3, 0.4) is 0 Å². The van der Waals surface area contributed by atoms with Gasteiger partial charge in [0.1, 0.15) is 0 Å². The second-order valence-electron chi connectivity index (χ2n) is 6.43. The average Bonchev–Trinajstić information content (AvgIpc) is 2.65. The zero-order chi connectivity index (χ0) is 14.6. The molecule has 0 atom stereocenters. The van der Waals surface area contributed by atoms with Crippen molar-refractivity contribution in [1.82, 2.24) is 9.29 Å². The number of hydrogen-bond donors (Lipinski definition) is 2. The van der Waals surface area contributed by atoms with Gasteiger partial charge in [0.15, 0.2) is 0 Å². The summed E-state index contributed by atoms with van der Waals surface area (Å²) in [4.78, 5) is 0.206. The van der Waals surface area contributed by atoms with E-state index in [0.717, 1.165) is 0 Å². The summed E-state index contributed by atoms with van der Waals surface area (Å²) in [7, 11) is -1.81. The van der Waals surface area contributed by atoms with E-state index in [1.54, 1.807) is 11.6 Å². The number of rotatable bonds is 4. The van der Waals surface area contributed by atoms with E-state index < -0.39 is 10.0 Å². The Kier molecular flexibility index (Phi) is 3.12. The summed E-state index contributed by atoms with van der Waals surface area (Å²) in [6, 6.07) is 1.44. The molecule has 0 saturated heterocycles. The van der Waals surface area contributed by atoms with E-state index in [1.165, 1.54) is 12.3 Å². The summed E-state index contributed by atoms with van der Waals surface area (Å²) < 4.78 is 29.1. The number of hydrogen-bond acceptors (Lipinski definition) is 3. The van der Waals surface area contributed by atoms with Crippen molar-refractivity contribution in [2.45, 2.75) is 45.2 Å². The van der Waals surface area contributed by atoms with Crippen molar-refractivity contribution in [3.63, 3.8) is 0 Å². The minimum atomic E-state index is -3.53. The molecule has 0 aliphatic heterocycles. The molecule has 0 spiro atoms. The first-order valence-corrected chi connectivity index (χ1v) is 7.81. The molecule has 5 nitrogen and oxygen atoms in total. The highest BCUT2D eigenvalue weighted by Crippen LogP contribution is 2.62. The molecule has 1 fully saturated rings. The fourth-order valence-corrected chi connectivity index (χ4v) is 4.22. The molecule has 1 aromatic heterocycles. The van der Waals surface area contributed by atoms with Gasteiger partial charge in [0.25, 0.3) is 0 Å². The third-order valence-corrected chi connectivity index (χ3v) is 6.24. The predicted molar refractivity (Wildman–Crippen MR) is 73.0 cm³/mol. The van der Waals surface area contributed by atoms with Crippen LogP contribution in [0, 0.1) is 10.8 Å². The van der Waals surface area contributed by atoms with Crippen molar-refractivity contribution >= 4 is 10.0 Å². The Morgan fingerprint density at radius 1 is 1.32 bits per heavy atom. The van der Waals surface area contributed by atoms with Gasteiger partial charge in [-0.2, -0.15) is 0 Å². The zero-order valence-electron chi connectivity index (χ0n) is 12.1. The molecule has 0 bridgehead atoms. The van der Waals surface area contributed by atoms with Crippen molar-refractivity contribution in [1.29, 1.82) is 0 Å². The van der Waals surface area contributed by atoms with Crippen LogP contribution in [0.1, 0.15) is 33.4 Å². The summed E-state index contributed by atoms with van der Waals surface area (Å²) >= 11 is 0. The first kappa shape index (κ1) is 14.6. The minimum absolute atomic E-state index is 0.0470. The Morgan fingerprint density at radius 3 is 2.21 bits per heavy atom. The summed E-state index contributed by atoms with van der Waals surface area (Å²) in [5.74, 6) is 0. The first-order chi connectivity index (χ1) is 8.54. The molecule has 1 heterocycles. The van der Waals surface area contributed by atoms with E-state index in [-0.39, 0.29) is 28.4 Å². The fraction of sp³-hybridized carbons (Fsp3) is 0.692. The quantitative estimate of drug-likeness (QED) is 0.874. The number of aromatic nitrogens is 1. The lowest BCUT2D eigenvalue weighted by molar-refractivity contribution is 0.272. The Bertz CT molecular complexity index is 585. The highest BCUT2D eigenvalue weighted by Gasteiger charge is 2.66. The highest BCUT2D eigenvalue weighted by molar-refractivity contribution is 7.89. The van der Waals surface area contributed by atoms with E-state index in [1.807, 2.05) is 0 Å². The smallest absolute Gasteiger partial charge is 0.242 e. The maximum atomic E-state index is 12.3. The van der Waals surface area contributed by atoms with Crippen LogP contribution in [0.15, 0.2) is 17.2 Å². The fourth-order valence-electron chi connectivity index (χ4n) is 2.60. The molecule has 1 aliphatic rings. The molecule has 2 rings (SSSR count). The lowest BCUT2D eigenvalue weighted by Crippen LogP contribution is -2.29. The number of aliphatic hydroxyl groups is 1. The Morgan fingerprint density at radius 2 is 1.84 bits per heavy atom. The van der Waals surface area contributed by atoms with Gasteiger partial charge in [-0.1, -0.05) is 27.7 Å². The normalized spacial score (nSPS) is 21.6. The van der Waals surface area contributed by atoms with Crippen molar-refractivity contribution < 1.29 is 13.5 Å². The van der Waals surface area contributed by atoms with Crippen LogP contribution in [0.2, 0.25) is 0 Å². The van der Waals surface area contributed by atoms with Crippen LogP contribution in [-0.4, -0.2) is 24.1 Å². The van der Waals surface area contributed by atoms with Crippen LogP contribution in [0.25, 0.3) is 0 Å².